The molecule has 0 unspecified atom stereocenters. The van der Waals surface area contributed by atoms with E-state index in [-0.39, 0.29) is 37.6 Å². The first-order valence-corrected chi connectivity index (χ1v) is 20.1. The van der Waals surface area contributed by atoms with Gasteiger partial charge in [0.2, 0.25) is 0 Å². The third kappa shape index (κ3) is 5.49. The molecule has 11 rings (SSSR count). The minimum atomic E-state index is -0.261. The molecule has 7 aromatic carbocycles. The number of nitrogens with zero attached hydrogens (tertiary/aromatic N) is 3. The van der Waals surface area contributed by atoms with Gasteiger partial charge in [-0.05, 0) is 51.2 Å². The van der Waals surface area contributed by atoms with Gasteiger partial charge in [0.1, 0.15) is 28.4 Å². The molecule has 3 heterocycles. The topological polar surface area (TPSA) is 64.1 Å². The Morgan fingerprint density at radius 1 is 0.583 bits per heavy atom. The molecule has 1 N–H and O–H groups in total. The molecule has 1 aliphatic carbocycles. The zero-order valence-electron chi connectivity index (χ0n) is 33.6. The summed E-state index contributed by atoms with van der Waals surface area (Å²) >= 11 is 0. The molecule has 0 bridgehead atoms. The van der Waals surface area contributed by atoms with Crippen LogP contribution in [0.25, 0.3) is 94.7 Å². The average molecular weight is 958 g/mol. The second-order valence-corrected chi connectivity index (χ2v) is 16.6. The summed E-state index contributed by atoms with van der Waals surface area (Å²) < 4.78 is 8.58. The third-order valence-corrected chi connectivity index (χ3v) is 13.0. The van der Waals surface area contributed by atoms with Crippen LogP contribution in [-0.2, 0) is 31.9 Å². The smallest absolute Gasteiger partial charge is 0.149 e. The van der Waals surface area contributed by atoms with Crippen molar-refractivity contribution in [2.24, 2.45) is 0 Å². The second kappa shape index (κ2) is 14.0. The first-order valence-electron chi connectivity index (χ1n) is 20.1. The van der Waals surface area contributed by atoms with Gasteiger partial charge in [-0.1, -0.05) is 155 Å². The van der Waals surface area contributed by atoms with E-state index >= 15 is 0 Å². The number of para-hydroxylation sites is 2. The van der Waals surface area contributed by atoms with Gasteiger partial charge < -0.3 is 9.52 Å². The molecule has 1 aliphatic rings. The molecule has 0 saturated heterocycles. The zero-order chi connectivity index (χ0) is 40.0. The molecule has 60 heavy (non-hydrogen) atoms. The van der Waals surface area contributed by atoms with E-state index in [1.54, 1.807) is 6.07 Å². The van der Waals surface area contributed by atoms with E-state index in [1.165, 1.54) is 11.1 Å². The summed E-state index contributed by atoms with van der Waals surface area (Å²) in [5.41, 5.74) is 12.5. The maximum Gasteiger partial charge on any atom is 0.149 e. The van der Waals surface area contributed by atoms with Gasteiger partial charge >= 0.3 is 0 Å². The quantitative estimate of drug-likeness (QED) is 0.175. The molecule has 3 aromatic heterocycles. The molecule has 6 heteroatoms. The minimum absolute atomic E-state index is 0. The average Bonchev–Trinajstić information content (AvgIpc) is 3.88. The van der Waals surface area contributed by atoms with Crippen LogP contribution in [0, 0.1) is 6.07 Å². The summed E-state index contributed by atoms with van der Waals surface area (Å²) in [6.07, 6.45) is 2.11. The van der Waals surface area contributed by atoms with Crippen LogP contribution in [0.2, 0.25) is 0 Å². The normalized spacial score (nSPS) is 13.9. The predicted octanol–water partition coefficient (Wildman–Crippen LogP) is 13.7. The van der Waals surface area contributed by atoms with Crippen LogP contribution >= 0.6 is 0 Å². The molecule has 5 nitrogen and oxygen atoms in total. The Kier molecular flexibility index (Phi) is 8.82. The number of furan rings is 1. The first-order chi connectivity index (χ1) is 28.7. The van der Waals surface area contributed by atoms with Gasteiger partial charge in [0.05, 0.1) is 16.9 Å². The summed E-state index contributed by atoms with van der Waals surface area (Å²) in [6.45, 7) is 9.35. The summed E-state index contributed by atoms with van der Waals surface area (Å²) in [6, 6.07) is 57.4. The summed E-state index contributed by atoms with van der Waals surface area (Å²) in [4.78, 5) is 11.3. The molecule has 0 atom stereocenters. The van der Waals surface area contributed by atoms with Crippen LogP contribution in [0.4, 0.5) is 0 Å². The summed E-state index contributed by atoms with van der Waals surface area (Å²) in [5, 5.41) is 16.0. The third-order valence-electron chi connectivity index (χ3n) is 13.0. The number of imidazole rings is 1. The number of aromatic hydroxyl groups is 1. The van der Waals surface area contributed by atoms with E-state index in [0.29, 0.717) is 22.7 Å². The Labute approximate surface area is 363 Å². The van der Waals surface area contributed by atoms with E-state index < -0.39 is 0 Å². The number of aromatic nitrogens is 3. The molecule has 0 aliphatic heterocycles. The molecule has 0 fully saturated rings. The fourth-order valence-electron chi connectivity index (χ4n) is 9.45. The largest absolute Gasteiger partial charge is 0.507 e. The summed E-state index contributed by atoms with van der Waals surface area (Å²) in [7, 11) is 0. The number of benzene rings is 7. The molecular weight excluding hydrogens is 918 g/mol. The Morgan fingerprint density at radius 2 is 1.22 bits per heavy atom. The zero-order valence-corrected chi connectivity index (χ0v) is 35.9. The van der Waals surface area contributed by atoms with Crippen LogP contribution in [0.5, 0.6) is 5.75 Å². The number of phenols is 1. The number of hydrogen-bond donors (Lipinski definition) is 1. The van der Waals surface area contributed by atoms with Crippen LogP contribution < -0.4 is 0 Å². The number of fused-ring (bicyclic) bond motifs is 8. The van der Waals surface area contributed by atoms with Gasteiger partial charge in [-0.3, -0.25) is 9.55 Å². The van der Waals surface area contributed by atoms with Gasteiger partial charge in [0, 0.05) is 54.5 Å². The predicted molar refractivity (Wildman–Crippen MR) is 240 cm³/mol. The fraction of sp³-hybridized carbons (Fsp3) is 0.111. The second-order valence-electron chi connectivity index (χ2n) is 16.6. The molecule has 0 radical (unpaired) electrons. The minimum Gasteiger partial charge on any atom is -0.507 e. The van der Waals surface area contributed by atoms with Crippen LogP contribution in [0.15, 0.2) is 168 Å². The number of rotatable bonds is 5. The fourth-order valence-corrected chi connectivity index (χ4v) is 9.45. The Balaban J connectivity index is 0.00000433. The van der Waals surface area contributed by atoms with Crippen molar-refractivity contribution >= 4 is 32.7 Å². The van der Waals surface area contributed by atoms with Gasteiger partial charge in [-0.25, -0.2) is 4.98 Å². The standard InChI is InChI=1S/C54H40N3O2.Pt/c1-53(2)41-28-15-13-24-39(41)50-48(54(53,3)4)37-22-11-12-23-38(37)49(56-50)42-32-57(52(55-42)47-43(58)30-31-45-46(47)40-25-14-16-29-44(40)59-45)51-35(33-18-7-5-8-19-33)26-17-27-36(51)34-20-9-6-10-21-34;/h5-23,25-32,58H,1-4H3;/q-1;. The Bertz CT molecular complexity index is 3230. The van der Waals surface area contributed by atoms with Crippen molar-refractivity contribution in [1.29, 1.82) is 0 Å². The van der Waals surface area contributed by atoms with E-state index in [2.05, 4.69) is 148 Å². The van der Waals surface area contributed by atoms with Crippen LogP contribution in [0.1, 0.15) is 38.8 Å². The summed E-state index contributed by atoms with van der Waals surface area (Å²) in [5.74, 6) is 0.684. The van der Waals surface area contributed by atoms with Crippen molar-refractivity contribution in [3.05, 3.63) is 181 Å². The monoisotopic (exact) mass is 957 g/mol. The van der Waals surface area contributed by atoms with Gasteiger partial charge in [0.15, 0.2) is 0 Å². The van der Waals surface area contributed by atoms with Crippen molar-refractivity contribution in [3.8, 4) is 67.7 Å². The van der Waals surface area contributed by atoms with Crippen molar-refractivity contribution in [2.75, 3.05) is 0 Å². The van der Waals surface area contributed by atoms with Crippen LogP contribution in [0.3, 0.4) is 0 Å². The number of phenolic OH excluding ortho intramolecular Hbond substituents is 1. The molecular formula is C54H40N3O2Pt-. The molecule has 0 spiro atoms. The molecule has 10 aromatic rings. The van der Waals surface area contributed by atoms with Gasteiger partial charge in [0.25, 0.3) is 0 Å². The maximum atomic E-state index is 12.1. The van der Waals surface area contributed by atoms with Crippen molar-refractivity contribution in [1.82, 2.24) is 14.5 Å². The van der Waals surface area contributed by atoms with Crippen molar-refractivity contribution in [2.45, 2.75) is 38.5 Å². The first kappa shape index (κ1) is 37.7. The van der Waals surface area contributed by atoms with E-state index in [0.717, 1.165) is 72.0 Å². The number of hydrogen-bond acceptors (Lipinski definition) is 4. The van der Waals surface area contributed by atoms with Crippen molar-refractivity contribution < 1.29 is 30.6 Å². The van der Waals surface area contributed by atoms with E-state index in [9.17, 15) is 5.11 Å². The molecule has 0 amide bonds. The van der Waals surface area contributed by atoms with Gasteiger partial charge in [-0.15, -0.1) is 35.4 Å². The SMILES string of the molecule is CC1(C)c2ccc[c-]c2-c2nc(-c3cn(-c4c(-c5ccccc5)cccc4-c4ccccc4)c(-c4c(O)ccc5oc6ccccc6c45)n3)c3ccccc3c2C1(C)C.[Pt]. The van der Waals surface area contributed by atoms with E-state index in [4.69, 9.17) is 14.4 Å². The van der Waals surface area contributed by atoms with Crippen LogP contribution in [-0.4, -0.2) is 19.6 Å². The molecule has 0 saturated carbocycles. The number of pyridine rings is 1. The van der Waals surface area contributed by atoms with Gasteiger partial charge in [-0.2, -0.15) is 0 Å². The molecule has 294 valence electrons. The van der Waals surface area contributed by atoms with E-state index in [1.807, 2.05) is 48.5 Å². The Morgan fingerprint density at radius 3 is 1.92 bits per heavy atom. The van der Waals surface area contributed by atoms with Crippen molar-refractivity contribution in [3.63, 3.8) is 0 Å². The Hall–Kier alpha value is -6.55. The maximum absolute atomic E-state index is 12.1.